The van der Waals surface area contributed by atoms with Crippen LogP contribution < -0.4 is 0 Å². The molecule has 1 heterocycles. The highest BCUT2D eigenvalue weighted by Crippen LogP contribution is 2.19. The molecule has 0 aliphatic carbocycles. The smallest absolute Gasteiger partial charge is 0.326 e. The van der Waals surface area contributed by atoms with Crippen molar-refractivity contribution in [1.29, 1.82) is 0 Å². The van der Waals surface area contributed by atoms with Crippen molar-refractivity contribution in [3.05, 3.63) is 0 Å². The van der Waals surface area contributed by atoms with Crippen molar-refractivity contribution in [3.63, 3.8) is 0 Å². The predicted molar refractivity (Wildman–Crippen MR) is 62.7 cm³/mol. The van der Waals surface area contributed by atoms with Crippen molar-refractivity contribution in [2.75, 3.05) is 13.2 Å². The highest BCUT2D eigenvalue weighted by molar-refractivity contribution is 5.86. The van der Waals surface area contributed by atoms with E-state index in [2.05, 4.69) is 6.92 Å². The first-order valence-corrected chi connectivity index (χ1v) is 6.22. The van der Waals surface area contributed by atoms with Gasteiger partial charge in [-0.3, -0.25) is 4.79 Å². The van der Waals surface area contributed by atoms with Crippen molar-refractivity contribution in [1.82, 2.24) is 4.90 Å². The van der Waals surface area contributed by atoms with Crippen LogP contribution in [0.25, 0.3) is 0 Å². The molecule has 0 bridgehead atoms. The third kappa shape index (κ3) is 3.70. The van der Waals surface area contributed by atoms with Gasteiger partial charge in [-0.25, -0.2) is 4.79 Å². The number of unbranched alkanes of at least 4 members (excludes halogenated alkanes) is 1. The van der Waals surface area contributed by atoms with Gasteiger partial charge >= 0.3 is 5.97 Å². The summed E-state index contributed by atoms with van der Waals surface area (Å²) < 4.78 is 5.40. The Kier molecular flexibility index (Phi) is 5.41. The van der Waals surface area contributed by atoms with Crippen molar-refractivity contribution >= 4 is 11.9 Å². The van der Waals surface area contributed by atoms with E-state index in [4.69, 9.17) is 9.84 Å². The van der Waals surface area contributed by atoms with Gasteiger partial charge in [-0.15, -0.1) is 0 Å². The first-order chi connectivity index (χ1) is 8.07. The van der Waals surface area contributed by atoms with Crippen LogP contribution in [0.1, 0.15) is 39.5 Å². The van der Waals surface area contributed by atoms with Crippen LogP contribution in [0.2, 0.25) is 0 Å². The Morgan fingerprint density at radius 1 is 1.53 bits per heavy atom. The Bertz CT molecular complexity index is 280. The lowest BCUT2D eigenvalue weighted by atomic mass is 10.2. The number of carbonyl (C=O) groups excluding carboxylic acids is 1. The number of carboxylic acids is 1. The number of nitrogens with zero attached hydrogens (tertiary/aromatic N) is 1. The summed E-state index contributed by atoms with van der Waals surface area (Å²) in [5.74, 6) is -1.12. The van der Waals surface area contributed by atoms with Crippen LogP contribution in [0, 0.1) is 0 Å². The SMILES string of the molecule is CCCCOC(C)C(=O)N1CCC[C@@H]1C(=O)O. The molecular weight excluding hydrogens is 222 g/mol. The summed E-state index contributed by atoms with van der Waals surface area (Å²) in [5, 5.41) is 8.99. The molecule has 0 spiro atoms. The van der Waals surface area contributed by atoms with Gasteiger partial charge in [0.05, 0.1) is 0 Å². The molecular formula is C12H21NO4. The van der Waals surface area contributed by atoms with Crippen LogP contribution in [0.15, 0.2) is 0 Å². The zero-order chi connectivity index (χ0) is 12.8. The van der Waals surface area contributed by atoms with E-state index in [1.165, 1.54) is 4.90 Å². The number of ether oxygens (including phenoxy) is 1. The maximum absolute atomic E-state index is 12.0. The molecule has 1 unspecified atom stereocenters. The zero-order valence-corrected chi connectivity index (χ0v) is 10.5. The van der Waals surface area contributed by atoms with Crippen LogP contribution in [-0.2, 0) is 14.3 Å². The average Bonchev–Trinajstić information content (AvgIpc) is 2.77. The molecule has 1 amide bonds. The summed E-state index contributed by atoms with van der Waals surface area (Å²) in [6, 6.07) is -0.667. The van der Waals surface area contributed by atoms with E-state index >= 15 is 0 Å². The number of aliphatic carboxylic acids is 1. The summed E-state index contributed by atoms with van der Waals surface area (Å²) >= 11 is 0. The van der Waals surface area contributed by atoms with Gasteiger partial charge in [0, 0.05) is 13.2 Å². The number of likely N-dealkylation sites (tertiary alicyclic amines) is 1. The van der Waals surface area contributed by atoms with Crippen molar-refractivity contribution < 1.29 is 19.4 Å². The Balaban J connectivity index is 2.47. The first-order valence-electron chi connectivity index (χ1n) is 6.22. The Labute approximate surface area is 102 Å². The molecule has 5 heteroatoms. The first kappa shape index (κ1) is 14.0. The van der Waals surface area contributed by atoms with E-state index in [0.29, 0.717) is 19.6 Å². The Hall–Kier alpha value is -1.10. The molecule has 0 radical (unpaired) electrons. The second-order valence-electron chi connectivity index (χ2n) is 4.39. The molecule has 17 heavy (non-hydrogen) atoms. The minimum atomic E-state index is -0.920. The van der Waals surface area contributed by atoms with Crippen LogP contribution in [0.4, 0.5) is 0 Å². The molecule has 1 saturated heterocycles. The fourth-order valence-corrected chi connectivity index (χ4v) is 2.00. The molecule has 98 valence electrons. The molecule has 0 aromatic rings. The van der Waals surface area contributed by atoms with Crippen molar-refractivity contribution in [3.8, 4) is 0 Å². The second kappa shape index (κ2) is 6.59. The molecule has 0 aromatic heterocycles. The van der Waals surface area contributed by atoms with Gasteiger partial charge in [-0.05, 0) is 26.2 Å². The highest BCUT2D eigenvalue weighted by atomic mass is 16.5. The fourth-order valence-electron chi connectivity index (χ4n) is 2.00. The van der Waals surface area contributed by atoms with Gasteiger partial charge in [0.1, 0.15) is 12.1 Å². The van der Waals surface area contributed by atoms with Gasteiger partial charge < -0.3 is 14.7 Å². The van der Waals surface area contributed by atoms with E-state index in [1.807, 2.05) is 0 Å². The quantitative estimate of drug-likeness (QED) is 0.713. The standard InChI is InChI=1S/C12H21NO4/c1-3-4-8-17-9(2)11(14)13-7-5-6-10(13)12(15)16/h9-10H,3-8H2,1-2H3,(H,15,16)/t9?,10-/m1/s1. The molecule has 1 N–H and O–H groups in total. The Morgan fingerprint density at radius 2 is 2.24 bits per heavy atom. The van der Waals surface area contributed by atoms with E-state index in [1.54, 1.807) is 6.92 Å². The minimum Gasteiger partial charge on any atom is -0.480 e. The predicted octanol–water partition coefficient (Wildman–Crippen LogP) is 1.27. The van der Waals surface area contributed by atoms with E-state index in [-0.39, 0.29) is 5.91 Å². The number of rotatable bonds is 6. The third-order valence-corrected chi connectivity index (χ3v) is 3.03. The number of hydrogen-bond acceptors (Lipinski definition) is 3. The lowest BCUT2D eigenvalue weighted by molar-refractivity contribution is -0.153. The topological polar surface area (TPSA) is 66.8 Å². The number of carboxylic acid groups (broad SMARTS) is 1. The summed E-state index contributed by atoms with van der Waals surface area (Å²) in [4.78, 5) is 24.4. The van der Waals surface area contributed by atoms with Gasteiger partial charge in [0.2, 0.25) is 0 Å². The van der Waals surface area contributed by atoms with Crippen molar-refractivity contribution in [2.45, 2.75) is 51.7 Å². The largest absolute Gasteiger partial charge is 0.480 e. The van der Waals surface area contributed by atoms with Crippen LogP contribution in [0.3, 0.4) is 0 Å². The van der Waals surface area contributed by atoms with Gasteiger partial charge in [-0.1, -0.05) is 13.3 Å². The molecule has 0 saturated carbocycles. The second-order valence-corrected chi connectivity index (χ2v) is 4.39. The van der Waals surface area contributed by atoms with E-state index < -0.39 is 18.1 Å². The third-order valence-electron chi connectivity index (χ3n) is 3.03. The molecule has 1 aliphatic rings. The summed E-state index contributed by atoms with van der Waals surface area (Å²) in [5.41, 5.74) is 0. The fraction of sp³-hybridized carbons (Fsp3) is 0.833. The summed E-state index contributed by atoms with van der Waals surface area (Å²) in [7, 11) is 0. The minimum absolute atomic E-state index is 0.203. The maximum Gasteiger partial charge on any atom is 0.326 e. The van der Waals surface area contributed by atoms with Gasteiger partial charge in [-0.2, -0.15) is 0 Å². The molecule has 1 aliphatic heterocycles. The lowest BCUT2D eigenvalue weighted by Gasteiger charge is -2.24. The van der Waals surface area contributed by atoms with Crippen molar-refractivity contribution in [2.24, 2.45) is 0 Å². The normalized spacial score (nSPS) is 21.5. The monoisotopic (exact) mass is 243 g/mol. The average molecular weight is 243 g/mol. The van der Waals surface area contributed by atoms with Crippen LogP contribution in [-0.4, -0.2) is 47.2 Å². The van der Waals surface area contributed by atoms with E-state index in [0.717, 1.165) is 19.3 Å². The highest BCUT2D eigenvalue weighted by Gasteiger charge is 2.35. The Morgan fingerprint density at radius 3 is 2.82 bits per heavy atom. The lowest BCUT2D eigenvalue weighted by Crippen LogP contribution is -2.45. The molecule has 2 atom stereocenters. The summed E-state index contributed by atoms with van der Waals surface area (Å²) in [6.07, 6.45) is 2.69. The van der Waals surface area contributed by atoms with E-state index in [9.17, 15) is 9.59 Å². The molecule has 1 fully saturated rings. The molecule has 0 aromatic carbocycles. The van der Waals surface area contributed by atoms with Gasteiger partial charge in [0.25, 0.3) is 5.91 Å². The van der Waals surface area contributed by atoms with Crippen LogP contribution in [0.5, 0.6) is 0 Å². The number of carbonyl (C=O) groups is 2. The summed E-state index contributed by atoms with van der Waals surface area (Å²) in [6.45, 7) is 4.82. The molecule has 5 nitrogen and oxygen atoms in total. The zero-order valence-electron chi connectivity index (χ0n) is 10.5. The molecule has 1 rings (SSSR count). The van der Waals surface area contributed by atoms with Gasteiger partial charge in [0.15, 0.2) is 0 Å². The number of amides is 1. The maximum atomic E-state index is 12.0. The van der Waals surface area contributed by atoms with Crippen LogP contribution >= 0.6 is 0 Å². The number of hydrogen-bond donors (Lipinski definition) is 1.